The molecule has 1 aliphatic rings. The number of methoxy groups -OCH3 is 2. The van der Waals surface area contributed by atoms with Crippen LogP contribution in [0.2, 0.25) is 0 Å². The lowest BCUT2D eigenvalue weighted by molar-refractivity contribution is -0.384. The number of aromatic nitrogens is 1. The van der Waals surface area contributed by atoms with Crippen LogP contribution < -0.4 is 13.8 Å². The average Bonchev–Trinajstić information content (AvgIpc) is 3.34. The SMILES string of the molecule is COc1ccc(SN(CN2CCSCC2)c2nc(-c3cccc([N+](=O)[O-])c3)cs2)cc1OC. The summed E-state index contributed by atoms with van der Waals surface area (Å²) in [5.74, 6) is 3.59. The second-order valence-electron chi connectivity index (χ2n) is 7.18. The van der Waals surface area contributed by atoms with Gasteiger partial charge in [-0.2, -0.15) is 11.8 Å². The Labute approximate surface area is 205 Å². The van der Waals surface area contributed by atoms with Crippen molar-refractivity contribution in [2.75, 3.05) is 49.8 Å². The molecule has 0 aliphatic carbocycles. The van der Waals surface area contributed by atoms with Crippen molar-refractivity contribution in [2.45, 2.75) is 4.90 Å². The second kappa shape index (κ2) is 11.1. The van der Waals surface area contributed by atoms with Crippen molar-refractivity contribution < 1.29 is 14.4 Å². The molecule has 0 atom stereocenters. The molecular formula is C22H24N4O4S3. The molecule has 8 nitrogen and oxygen atoms in total. The molecule has 0 bridgehead atoms. The van der Waals surface area contributed by atoms with E-state index in [1.807, 2.05) is 41.4 Å². The van der Waals surface area contributed by atoms with Crippen LogP contribution in [0.5, 0.6) is 11.5 Å². The predicted octanol–water partition coefficient (Wildman–Crippen LogP) is 5.26. The molecule has 2 heterocycles. The van der Waals surface area contributed by atoms with Gasteiger partial charge in [0.15, 0.2) is 16.6 Å². The Bertz CT molecular complexity index is 1100. The van der Waals surface area contributed by atoms with E-state index in [1.165, 1.54) is 17.4 Å². The van der Waals surface area contributed by atoms with Crippen molar-refractivity contribution in [3.63, 3.8) is 0 Å². The monoisotopic (exact) mass is 504 g/mol. The van der Waals surface area contributed by atoms with E-state index in [4.69, 9.17) is 14.5 Å². The van der Waals surface area contributed by atoms with E-state index in [9.17, 15) is 10.1 Å². The first-order valence-electron chi connectivity index (χ1n) is 10.3. The van der Waals surface area contributed by atoms with Gasteiger partial charge in [0.05, 0.1) is 31.5 Å². The standard InChI is InChI=1S/C22H24N4O4S3/c1-29-20-7-6-18(13-21(20)30-2)33-25(15-24-8-10-31-11-9-24)22-23-19(14-32-22)16-4-3-5-17(12-16)26(27)28/h3-7,12-14H,8-11,15H2,1-2H3. The number of non-ortho nitro benzene ring substituents is 1. The van der Waals surface area contributed by atoms with Crippen LogP contribution in [0.15, 0.2) is 52.7 Å². The quantitative estimate of drug-likeness (QED) is 0.220. The third-order valence-corrected chi connectivity index (χ3v) is 7.96. The van der Waals surface area contributed by atoms with Gasteiger partial charge in [0.1, 0.15) is 0 Å². The van der Waals surface area contributed by atoms with Gasteiger partial charge < -0.3 is 9.47 Å². The minimum atomic E-state index is -0.385. The maximum absolute atomic E-state index is 11.2. The maximum Gasteiger partial charge on any atom is 0.270 e. The number of nitro benzene ring substituents is 1. The lowest BCUT2D eigenvalue weighted by atomic mass is 10.1. The molecule has 2 aromatic carbocycles. The van der Waals surface area contributed by atoms with Crippen LogP contribution in [0.4, 0.5) is 10.8 Å². The van der Waals surface area contributed by atoms with Gasteiger partial charge in [-0.15, -0.1) is 11.3 Å². The highest BCUT2D eigenvalue weighted by molar-refractivity contribution is 8.00. The molecular weight excluding hydrogens is 480 g/mol. The number of ether oxygens (including phenoxy) is 2. The molecule has 0 radical (unpaired) electrons. The number of nitrogens with zero attached hydrogens (tertiary/aromatic N) is 4. The number of nitro groups is 1. The summed E-state index contributed by atoms with van der Waals surface area (Å²) in [6.07, 6.45) is 0. The highest BCUT2D eigenvalue weighted by Gasteiger charge is 2.20. The Morgan fingerprint density at radius 3 is 2.67 bits per heavy atom. The van der Waals surface area contributed by atoms with Crippen molar-refractivity contribution >= 4 is 45.9 Å². The zero-order valence-corrected chi connectivity index (χ0v) is 20.8. The Morgan fingerprint density at radius 1 is 1.15 bits per heavy atom. The molecule has 0 N–H and O–H groups in total. The van der Waals surface area contributed by atoms with Crippen LogP contribution >= 0.6 is 35.0 Å². The van der Waals surface area contributed by atoms with Crippen LogP contribution in [0.25, 0.3) is 11.3 Å². The summed E-state index contributed by atoms with van der Waals surface area (Å²) in [5, 5.41) is 14.0. The minimum Gasteiger partial charge on any atom is -0.493 e. The topological polar surface area (TPSA) is 81.0 Å². The fourth-order valence-electron chi connectivity index (χ4n) is 3.34. The molecule has 4 rings (SSSR count). The van der Waals surface area contributed by atoms with E-state index in [0.29, 0.717) is 11.5 Å². The normalized spacial score (nSPS) is 14.1. The Morgan fingerprint density at radius 2 is 1.94 bits per heavy atom. The number of hydrogen-bond acceptors (Lipinski definition) is 10. The second-order valence-corrected chi connectivity index (χ2v) is 10.3. The Balaban J connectivity index is 1.61. The molecule has 3 aromatic rings. The predicted molar refractivity (Wildman–Crippen MR) is 136 cm³/mol. The molecule has 0 amide bonds. The fourth-order valence-corrected chi connectivity index (χ4v) is 6.18. The first kappa shape index (κ1) is 23.7. The summed E-state index contributed by atoms with van der Waals surface area (Å²) >= 11 is 5.09. The summed E-state index contributed by atoms with van der Waals surface area (Å²) in [4.78, 5) is 19.0. The number of hydrogen-bond donors (Lipinski definition) is 0. The third kappa shape index (κ3) is 5.91. The summed E-state index contributed by atoms with van der Waals surface area (Å²) in [7, 11) is 3.25. The van der Waals surface area contributed by atoms with Gasteiger partial charge in [-0.1, -0.05) is 12.1 Å². The summed E-state index contributed by atoms with van der Waals surface area (Å²) in [6, 6.07) is 12.4. The van der Waals surface area contributed by atoms with Crippen LogP contribution in [0.3, 0.4) is 0 Å². The van der Waals surface area contributed by atoms with Gasteiger partial charge in [0.2, 0.25) is 0 Å². The molecule has 174 valence electrons. The number of benzene rings is 2. The molecule has 33 heavy (non-hydrogen) atoms. The van der Waals surface area contributed by atoms with Crippen molar-refractivity contribution in [1.82, 2.24) is 9.88 Å². The van der Waals surface area contributed by atoms with Gasteiger partial charge >= 0.3 is 0 Å². The van der Waals surface area contributed by atoms with Crippen molar-refractivity contribution in [1.29, 1.82) is 0 Å². The Hall–Kier alpha value is -2.47. The first-order chi connectivity index (χ1) is 16.1. The lowest BCUT2D eigenvalue weighted by Gasteiger charge is -2.31. The Kier molecular flexibility index (Phi) is 7.97. The van der Waals surface area contributed by atoms with Crippen molar-refractivity contribution in [3.05, 3.63) is 58.0 Å². The van der Waals surface area contributed by atoms with Crippen LogP contribution in [-0.2, 0) is 0 Å². The van der Waals surface area contributed by atoms with Crippen molar-refractivity contribution in [3.8, 4) is 22.8 Å². The molecule has 1 aromatic heterocycles. The van der Waals surface area contributed by atoms with Gasteiger partial charge in [-0.3, -0.25) is 19.3 Å². The molecule has 1 aliphatic heterocycles. The largest absolute Gasteiger partial charge is 0.493 e. The fraction of sp³-hybridized carbons (Fsp3) is 0.318. The minimum absolute atomic E-state index is 0.0597. The van der Waals surface area contributed by atoms with Crippen LogP contribution in [0.1, 0.15) is 0 Å². The smallest absolute Gasteiger partial charge is 0.270 e. The van der Waals surface area contributed by atoms with Crippen molar-refractivity contribution in [2.24, 2.45) is 0 Å². The zero-order chi connectivity index (χ0) is 23.2. The molecule has 0 saturated carbocycles. The molecule has 1 fully saturated rings. The highest BCUT2D eigenvalue weighted by Crippen LogP contribution is 2.38. The van der Waals surface area contributed by atoms with Gasteiger partial charge in [-0.25, -0.2) is 4.98 Å². The van der Waals surface area contributed by atoms with E-state index < -0.39 is 0 Å². The number of thioether (sulfide) groups is 1. The highest BCUT2D eigenvalue weighted by atomic mass is 32.2. The van der Waals surface area contributed by atoms with Crippen LogP contribution in [-0.4, -0.2) is 60.3 Å². The number of thiazole rings is 1. The molecule has 11 heteroatoms. The molecule has 0 spiro atoms. The molecule has 0 unspecified atom stereocenters. The average molecular weight is 505 g/mol. The third-order valence-electron chi connectivity index (χ3n) is 5.06. The number of anilines is 1. The van der Waals surface area contributed by atoms with E-state index >= 15 is 0 Å². The zero-order valence-electron chi connectivity index (χ0n) is 18.3. The van der Waals surface area contributed by atoms with E-state index in [1.54, 1.807) is 38.3 Å². The first-order valence-corrected chi connectivity index (χ1v) is 13.1. The summed E-state index contributed by atoms with van der Waals surface area (Å²) < 4.78 is 13.0. The van der Waals surface area contributed by atoms with Gasteiger partial charge in [0, 0.05) is 52.6 Å². The summed E-state index contributed by atoms with van der Waals surface area (Å²) in [6.45, 7) is 2.77. The van der Waals surface area contributed by atoms with E-state index in [2.05, 4.69) is 9.21 Å². The maximum atomic E-state index is 11.2. The lowest BCUT2D eigenvalue weighted by Crippen LogP contribution is -2.39. The van der Waals surface area contributed by atoms with Crippen LogP contribution in [0, 0.1) is 10.1 Å². The van der Waals surface area contributed by atoms with Gasteiger partial charge in [-0.05, 0) is 30.1 Å². The number of rotatable bonds is 9. The van der Waals surface area contributed by atoms with E-state index in [-0.39, 0.29) is 10.6 Å². The van der Waals surface area contributed by atoms with Gasteiger partial charge in [0.25, 0.3) is 5.69 Å². The van der Waals surface area contributed by atoms with E-state index in [0.717, 1.165) is 52.5 Å². The molecule has 1 saturated heterocycles. The summed E-state index contributed by atoms with van der Waals surface area (Å²) in [5.41, 5.74) is 1.52.